The molecule has 3 heteroatoms. The highest BCUT2D eigenvalue weighted by Crippen LogP contribution is 2.29. The van der Waals surface area contributed by atoms with Gasteiger partial charge < -0.3 is 4.74 Å². The molecule has 0 fully saturated rings. The van der Waals surface area contributed by atoms with Crippen LogP contribution in [0.2, 0.25) is 5.02 Å². The maximum Gasteiger partial charge on any atom is 0.122 e. The Labute approximate surface area is 121 Å². The van der Waals surface area contributed by atoms with Crippen molar-refractivity contribution in [1.29, 1.82) is 0 Å². The van der Waals surface area contributed by atoms with Gasteiger partial charge in [-0.3, -0.25) is 0 Å². The molecule has 1 aromatic heterocycles. The van der Waals surface area contributed by atoms with Crippen LogP contribution >= 0.6 is 22.9 Å². The summed E-state index contributed by atoms with van der Waals surface area (Å²) in [5.41, 5.74) is 1.32. The molecule has 0 aliphatic carbocycles. The van der Waals surface area contributed by atoms with E-state index in [1.165, 1.54) is 20.5 Å². The normalized spacial score (nSPS) is 10.8. The van der Waals surface area contributed by atoms with E-state index in [4.69, 9.17) is 16.3 Å². The molecule has 1 nitrogen and oxygen atoms in total. The highest BCUT2D eigenvalue weighted by Gasteiger charge is 2.04. The lowest BCUT2D eigenvalue weighted by molar-refractivity contribution is 0.310. The van der Waals surface area contributed by atoms with E-state index < -0.39 is 0 Å². The topological polar surface area (TPSA) is 9.23 Å². The van der Waals surface area contributed by atoms with Crippen LogP contribution in [-0.4, -0.2) is 0 Å². The van der Waals surface area contributed by atoms with Gasteiger partial charge in [0, 0.05) is 14.6 Å². The van der Waals surface area contributed by atoms with E-state index in [0.29, 0.717) is 6.61 Å². The van der Waals surface area contributed by atoms with Gasteiger partial charge in [-0.05, 0) is 48.2 Å². The van der Waals surface area contributed by atoms with Gasteiger partial charge >= 0.3 is 0 Å². The molecule has 0 atom stereocenters. The number of halogens is 1. The molecule has 19 heavy (non-hydrogen) atoms. The Kier molecular flexibility index (Phi) is 3.45. The fourth-order valence-corrected chi connectivity index (χ4v) is 3.18. The molecule has 2 aromatic carbocycles. The molecule has 0 aliphatic heterocycles. The lowest BCUT2D eigenvalue weighted by Gasteiger charge is -2.03. The van der Waals surface area contributed by atoms with Crippen molar-refractivity contribution in [1.82, 2.24) is 0 Å². The molecule has 1 heterocycles. The summed E-state index contributed by atoms with van der Waals surface area (Å²) in [6.07, 6.45) is 0. The molecule has 0 N–H and O–H groups in total. The Balaban J connectivity index is 1.78. The van der Waals surface area contributed by atoms with Gasteiger partial charge in [0.05, 0.1) is 0 Å². The Hall–Kier alpha value is -1.51. The van der Waals surface area contributed by atoms with E-state index in [9.17, 15) is 0 Å². The van der Waals surface area contributed by atoms with E-state index in [0.717, 1.165) is 10.8 Å². The largest absolute Gasteiger partial charge is 0.488 e. The predicted molar refractivity (Wildman–Crippen MR) is 82.3 cm³/mol. The average molecular weight is 289 g/mol. The van der Waals surface area contributed by atoms with Crippen LogP contribution < -0.4 is 4.74 Å². The second-order valence-electron chi connectivity index (χ2n) is 4.45. The third-order valence-electron chi connectivity index (χ3n) is 2.99. The predicted octanol–water partition coefficient (Wildman–Crippen LogP) is 5.44. The van der Waals surface area contributed by atoms with Crippen LogP contribution in [0.15, 0.2) is 48.5 Å². The lowest BCUT2D eigenvalue weighted by Crippen LogP contribution is -1.91. The van der Waals surface area contributed by atoms with Crippen molar-refractivity contribution in [2.24, 2.45) is 0 Å². The number of hydrogen-bond donors (Lipinski definition) is 0. The van der Waals surface area contributed by atoms with E-state index in [2.05, 4.69) is 31.2 Å². The van der Waals surface area contributed by atoms with Gasteiger partial charge in [0.1, 0.15) is 12.4 Å². The smallest absolute Gasteiger partial charge is 0.122 e. The van der Waals surface area contributed by atoms with Crippen LogP contribution in [0.1, 0.15) is 10.4 Å². The summed E-state index contributed by atoms with van der Waals surface area (Å²) in [5, 5.41) is 2.02. The summed E-state index contributed by atoms with van der Waals surface area (Å²) in [6.45, 7) is 2.74. The monoisotopic (exact) mass is 288 g/mol. The zero-order chi connectivity index (χ0) is 13.2. The second-order valence-corrected chi connectivity index (χ2v) is 6.02. The maximum absolute atomic E-state index is 5.85. The number of ether oxygens (including phenoxy) is 1. The Bertz CT molecular complexity index is 700. The van der Waals surface area contributed by atoms with Crippen molar-refractivity contribution in [2.45, 2.75) is 13.5 Å². The molecule has 96 valence electrons. The molecular formula is C16H13ClOS. The molecule has 3 rings (SSSR count). The van der Waals surface area contributed by atoms with Crippen molar-refractivity contribution in [2.75, 3.05) is 0 Å². The minimum atomic E-state index is 0.598. The summed E-state index contributed by atoms with van der Waals surface area (Å²) in [6, 6.07) is 16.0. The third kappa shape index (κ3) is 2.75. The zero-order valence-electron chi connectivity index (χ0n) is 10.5. The molecule has 0 spiro atoms. The molecule has 0 amide bonds. The van der Waals surface area contributed by atoms with Crippen LogP contribution in [0.25, 0.3) is 10.1 Å². The van der Waals surface area contributed by atoms with E-state index in [1.54, 1.807) is 11.3 Å². The number of rotatable bonds is 3. The van der Waals surface area contributed by atoms with E-state index in [-0.39, 0.29) is 0 Å². The summed E-state index contributed by atoms with van der Waals surface area (Å²) >= 11 is 7.64. The van der Waals surface area contributed by atoms with E-state index in [1.807, 2.05) is 24.3 Å². The van der Waals surface area contributed by atoms with Gasteiger partial charge in [-0.15, -0.1) is 11.3 Å². The molecule has 0 saturated carbocycles. The molecule has 0 bridgehead atoms. The van der Waals surface area contributed by atoms with Gasteiger partial charge in [-0.1, -0.05) is 29.8 Å². The Morgan fingerprint density at radius 2 is 1.89 bits per heavy atom. The number of fused-ring (bicyclic) bond motifs is 1. The van der Waals surface area contributed by atoms with Crippen LogP contribution in [0.3, 0.4) is 0 Å². The first kappa shape index (κ1) is 12.5. The molecule has 0 saturated heterocycles. The third-order valence-corrected chi connectivity index (χ3v) is 4.50. The molecule has 0 aliphatic rings. The number of thiophene rings is 1. The van der Waals surface area contributed by atoms with Gasteiger partial charge in [-0.2, -0.15) is 0 Å². The highest BCUT2D eigenvalue weighted by atomic mass is 35.5. The van der Waals surface area contributed by atoms with Crippen molar-refractivity contribution >= 4 is 33.0 Å². The average Bonchev–Trinajstić information content (AvgIpc) is 2.83. The first-order valence-corrected chi connectivity index (χ1v) is 7.28. The molecule has 0 radical (unpaired) electrons. The van der Waals surface area contributed by atoms with Gasteiger partial charge in [0.25, 0.3) is 0 Å². The maximum atomic E-state index is 5.85. The summed E-state index contributed by atoms with van der Waals surface area (Å²) in [7, 11) is 0. The molecular weight excluding hydrogens is 276 g/mol. The fourth-order valence-electron chi connectivity index (χ4n) is 2.02. The molecule has 0 unspecified atom stereocenters. The van der Waals surface area contributed by atoms with Crippen LogP contribution in [-0.2, 0) is 6.61 Å². The number of benzene rings is 2. The fraction of sp³-hybridized carbons (Fsp3) is 0.125. The Morgan fingerprint density at radius 3 is 2.63 bits per heavy atom. The first-order chi connectivity index (χ1) is 9.22. The minimum Gasteiger partial charge on any atom is -0.488 e. The Morgan fingerprint density at radius 1 is 1.11 bits per heavy atom. The van der Waals surface area contributed by atoms with Crippen LogP contribution in [0.4, 0.5) is 0 Å². The highest BCUT2D eigenvalue weighted by molar-refractivity contribution is 7.19. The quantitative estimate of drug-likeness (QED) is 0.623. The summed E-state index contributed by atoms with van der Waals surface area (Å²) in [5.74, 6) is 0.846. The first-order valence-electron chi connectivity index (χ1n) is 6.09. The van der Waals surface area contributed by atoms with Gasteiger partial charge in [0.2, 0.25) is 0 Å². The lowest BCUT2D eigenvalue weighted by atomic mass is 10.2. The summed E-state index contributed by atoms with van der Waals surface area (Å²) < 4.78 is 7.11. The van der Waals surface area contributed by atoms with Crippen molar-refractivity contribution < 1.29 is 4.74 Å². The van der Waals surface area contributed by atoms with Crippen LogP contribution in [0, 0.1) is 6.92 Å². The van der Waals surface area contributed by atoms with Gasteiger partial charge in [-0.25, -0.2) is 0 Å². The van der Waals surface area contributed by atoms with Crippen molar-refractivity contribution in [3.8, 4) is 5.75 Å². The SMILES string of the molecule is Cc1cccc2cc(COc3ccc(Cl)cc3)sc12. The number of aryl methyl sites for hydroxylation is 1. The molecule has 3 aromatic rings. The second kappa shape index (κ2) is 5.24. The summed E-state index contributed by atoms with van der Waals surface area (Å²) in [4.78, 5) is 1.24. The zero-order valence-corrected chi connectivity index (χ0v) is 12.1. The minimum absolute atomic E-state index is 0.598. The van der Waals surface area contributed by atoms with E-state index >= 15 is 0 Å². The standard InChI is InChI=1S/C16H13ClOS/c1-11-3-2-4-12-9-15(19-16(11)12)10-18-14-7-5-13(17)6-8-14/h2-9H,10H2,1H3. The van der Waals surface area contributed by atoms with Crippen LogP contribution in [0.5, 0.6) is 5.75 Å². The van der Waals surface area contributed by atoms with Crippen molar-refractivity contribution in [3.63, 3.8) is 0 Å². The number of hydrogen-bond acceptors (Lipinski definition) is 2. The van der Waals surface area contributed by atoms with Gasteiger partial charge in [0.15, 0.2) is 0 Å². The van der Waals surface area contributed by atoms with Crippen molar-refractivity contribution in [3.05, 3.63) is 64.0 Å².